The number of hydrogen-bond acceptors (Lipinski definition) is 4. The van der Waals surface area contributed by atoms with Crippen molar-refractivity contribution in [3.05, 3.63) is 22.4 Å². The Hall–Kier alpha value is -0.100. The van der Waals surface area contributed by atoms with Gasteiger partial charge in [-0.15, -0.1) is 11.3 Å². The first-order valence-corrected chi connectivity index (χ1v) is 8.89. The maximum atomic E-state index is 11.0. The van der Waals surface area contributed by atoms with Crippen molar-refractivity contribution in [3.8, 4) is 0 Å². The van der Waals surface area contributed by atoms with Gasteiger partial charge in [0.2, 0.25) is 9.05 Å². The minimum absolute atomic E-state index is 0.00711. The average molecular weight is 297 g/mol. The number of hydrogen-bond donors (Lipinski definition) is 0. The minimum atomic E-state index is -3.43. The lowest BCUT2D eigenvalue weighted by Crippen LogP contribution is -2.17. The van der Waals surface area contributed by atoms with Crippen molar-refractivity contribution in [1.29, 1.82) is 0 Å². The molecule has 1 aromatic heterocycles. The van der Waals surface area contributed by atoms with Gasteiger partial charge in [-0.1, -0.05) is 19.4 Å². The second kappa shape index (κ2) is 7.36. The Balaban J connectivity index is 2.34. The van der Waals surface area contributed by atoms with Gasteiger partial charge in [-0.3, -0.25) is 0 Å². The predicted molar refractivity (Wildman–Crippen MR) is 72.0 cm³/mol. The lowest BCUT2D eigenvalue weighted by atomic mass is 10.1. The van der Waals surface area contributed by atoms with E-state index in [2.05, 4.69) is 0 Å². The summed E-state index contributed by atoms with van der Waals surface area (Å²) in [5.74, 6) is -0.0187. The van der Waals surface area contributed by atoms with Crippen LogP contribution in [0.2, 0.25) is 0 Å². The number of halogens is 1. The zero-order valence-electron chi connectivity index (χ0n) is 9.76. The highest BCUT2D eigenvalue weighted by Crippen LogP contribution is 2.15. The first-order chi connectivity index (χ1) is 8.01. The van der Waals surface area contributed by atoms with Crippen molar-refractivity contribution in [2.24, 2.45) is 5.92 Å². The van der Waals surface area contributed by atoms with E-state index < -0.39 is 9.05 Å². The van der Waals surface area contributed by atoms with E-state index in [0.29, 0.717) is 13.2 Å². The van der Waals surface area contributed by atoms with E-state index in [-0.39, 0.29) is 11.7 Å². The normalized spacial score (nSPS) is 13.8. The maximum Gasteiger partial charge on any atom is 0.232 e. The molecule has 0 saturated heterocycles. The van der Waals surface area contributed by atoms with Gasteiger partial charge in [-0.05, 0) is 23.8 Å². The third-order valence-corrected chi connectivity index (χ3v) is 4.41. The minimum Gasteiger partial charge on any atom is -0.376 e. The van der Waals surface area contributed by atoms with E-state index in [1.807, 2.05) is 24.4 Å². The van der Waals surface area contributed by atoms with Crippen molar-refractivity contribution in [3.63, 3.8) is 0 Å². The molecule has 0 amide bonds. The SMILES string of the molecule is CCCC(COCc1cccs1)CS(=O)(=O)Cl. The van der Waals surface area contributed by atoms with E-state index in [9.17, 15) is 8.42 Å². The molecule has 0 radical (unpaired) electrons. The molecule has 3 nitrogen and oxygen atoms in total. The van der Waals surface area contributed by atoms with Crippen LogP contribution < -0.4 is 0 Å². The molecule has 0 saturated carbocycles. The van der Waals surface area contributed by atoms with Gasteiger partial charge < -0.3 is 4.74 Å². The van der Waals surface area contributed by atoms with Gasteiger partial charge in [-0.2, -0.15) is 0 Å². The van der Waals surface area contributed by atoms with Gasteiger partial charge in [0.05, 0.1) is 19.0 Å². The van der Waals surface area contributed by atoms with E-state index in [1.54, 1.807) is 11.3 Å². The van der Waals surface area contributed by atoms with Crippen molar-refractivity contribution < 1.29 is 13.2 Å². The van der Waals surface area contributed by atoms with Gasteiger partial charge in [0.15, 0.2) is 0 Å². The summed E-state index contributed by atoms with van der Waals surface area (Å²) < 4.78 is 27.6. The van der Waals surface area contributed by atoms with Crippen LogP contribution in [0.1, 0.15) is 24.6 Å². The Labute approximate surface area is 111 Å². The Morgan fingerprint density at radius 1 is 1.53 bits per heavy atom. The molecule has 0 aromatic carbocycles. The molecule has 1 unspecified atom stereocenters. The fraction of sp³-hybridized carbons (Fsp3) is 0.636. The maximum absolute atomic E-state index is 11.0. The fourth-order valence-electron chi connectivity index (χ4n) is 1.63. The van der Waals surface area contributed by atoms with Gasteiger partial charge in [0, 0.05) is 15.6 Å². The summed E-state index contributed by atoms with van der Waals surface area (Å²) in [6, 6.07) is 3.97. The fourth-order valence-corrected chi connectivity index (χ4v) is 3.63. The summed E-state index contributed by atoms with van der Waals surface area (Å²) >= 11 is 1.63. The van der Waals surface area contributed by atoms with E-state index in [0.717, 1.165) is 17.7 Å². The summed E-state index contributed by atoms with van der Waals surface area (Å²) in [7, 11) is 1.83. The summed E-state index contributed by atoms with van der Waals surface area (Å²) in [4.78, 5) is 1.15. The van der Waals surface area contributed by atoms with Gasteiger partial charge >= 0.3 is 0 Å². The molecular weight excluding hydrogens is 280 g/mol. The quantitative estimate of drug-likeness (QED) is 0.692. The average Bonchev–Trinajstić information content (AvgIpc) is 2.68. The van der Waals surface area contributed by atoms with Crippen LogP contribution in [-0.4, -0.2) is 20.8 Å². The molecule has 17 heavy (non-hydrogen) atoms. The zero-order valence-corrected chi connectivity index (χ0v) is 12.2. The molecule has 1 rings (SSSR count). The van der Waals surface area contributed by atoms with Crippen molar-refractivity contribution in [1.82, 2.24) is 0 Å². The van der Waals surface area contributed by atoms with Crippen molar-refractivity contribution in [2.45, 2.75) is 26.4 Å². The Bertz CT molecular complexity index is 400. The largest absolute Gasteiger partial charge is 0.376 e. The Morgan fingerprint density at radius 2 is 2.29 bits per heavy atom. The van der Waals surface area contributed by atoms with Crippen LogP contribution >= 0.6 is 22.0 Å². The Morgan fingerprint density at radius 3 is 2.82 bits per heavy atom. The summed E-state index contributed by atoms with van der Waals surface area (Å²) in [6.45, 7) is 3.00. The van der Waals surface area contributed by atoms with E-state index >= 15 is 0 Å². The third kappa shape index (κ3) is 7.03. The molecule has 0 aliphatic carbocycles. The summed E-state index contributed by atoms with van der Waals surface area (Å²) in [6.07, 6.45) is 1.75. The van der Waals surface area contributed by atoms with Crippen LogP contribution in [0.25, 0.3) is 0 Å². The van der Waals surface area contributed by atoms with E-state index in [4.69, 9.17) is 15.4 Å². The number of rotatable bonds is 8. The van der Waals surface area contributed by atoms with Crippen LogP contribution in [0.4, 0.5) is 0 Å². The molecule has 0 fully saturated rings. The van der Waals surface area contributed by atoms with Crippen LogP contribution in [0, 0.1) is 5.92 Å². The smallest absolute Gasteiger partial charge is 0.232 e. The summed E-state index contributed by atoms with van der Waals surface area (Å²) in [5.41, 5.74) is 0. The Kier molecular flexibility index (Phi) is 6.48. The molecule has 0 bridgehead atoms. The predicted octanol–water partition coefficient (Wildman–Crippen LogP) is 3.25. The first kappa shape index (κ1) is 15.0. The molecule has 0 N–H and O–H groups in total. The molecule has 1 aromatic rings. The summed E-state index contributed by atoms with van der Waals surface area (Å²) in [5, 5.41) is 1.99. The van der Waals surface area contributed by atoms with Gasteiger partial charge in [0.25, 0.3) is 0 Å². The topological polar surface area (TPSA) is 43.4 Å². The van der Waals surface area contributed by atoms with Gasteiger partial charge in [-0.25, -0.2) is 8.42 Å². The highest BCUT2D eigenvalue weighted by molar-refractivity contribution is 8.13. The molecule has 1 heterocycles. The van der Waals surface area contributed by atoms with E-state index in [1.165, 1.54) is 0 Å². The van der Waals surface area contributed by atoms with Crippen LogP contribution in [0.3, 0.4) is 0 Å². The number of ether oxygens (including phenoxy) is 1. The third-order valence-electron chi connectivity index (χ3n) is 2.31. The number of thiophene rings is 1. The standard InChI is InChI=1S/C11H17ClO3S2/c1-2-4-10(9-17(12,13)14)7-15-8-11-5-3-6-16-11/h3,5-6,10H,2,4,7-9H2,1H3. The first-order valence-electron chi connectivity index (χ1n) is 5.53. The molecule has 1 atom stereocenters. The molecule has 0 aliphatic rings. The zero-order chi connectivity index (χ0) is 12.7. The van der Waals surface area contributed by atoms with Crippen molar-refractivity contribution in [2.75, 3.05) is 12.4 Å². The van der Waals surface area contributed by atoms with Crippen LogP contribution in [0.15, 0.2) is 17.5 Å². The molecule has 98 valence electrons. The molecule has 0 aliphatic heterocycles. The van der Waals surface area contributed by atoms with Crippen molar-refractivity contribution >= 4 is 31.1 Å². The molecular formula is C11H17ClO3S2. The van der Waals surface area contributed by atoms with Gasteiger partial charge in [0.1, 0.15) is 0 Å². The second-order valence-corrected chi connectivity index (χ2v) is 7.81. The molecule has 0 spiro atoms. The highest BCUT2D eigenvalue weighted by atomic mass is 35.7. The molecule has 6 heteroatoms. The lowest BCUT2D eigenvalue weighted by molar-refractivity contribution is 0.0920. The van der Waals surface area contributed by atoms with Crippen LogP contribution in [-0.2, 0) is 20.4 Å². The highest BCUT2D eigenvalue weighted by Gasteiger charge is 2.16. The lowest BCUT2D eigenvalue weighted by Gasteiger charge is -2.14. The monoisotopic (exact) mass is 296 g/mol. The van der Waals surface area contributed by atoms with Crippen LogP contribution in [0.5, 0.6) is 0 Å². The second-order valence-electron chi connectivity index (χ2n) is 3.95.